The number of anilines is 2. The molecule has 2 atom stereocenters. The summed E-state index contributed by atoms with van der Waals surface area (Å²) >= 11 is 0. The lowest BCUT2D eigenvalue weighted by Crippen LogP contribution is -2.47. The minimum absolute atomic E-state index is 0.669. The third-order valence-electron chi connectivity index (χ3n) is 4.01. The molecule has 1 aromatic carbocycles. The first-order chi connectivity index (χ1) is 8.61. The fourth-order valence-corrected chi connectivity index (χ4v) is 2.77. The first-order valence-electron chi connectivity index (χ1n) is 6.81. The number of piperidine rings is 1. The van der Waals surface area contributed by atoms with Gasteiger partial charge in [0.15, 0.2) is 0 Å². The molecule has 0 aromatic heterocycles. The van der Waals surface area contributed by atoms with Gasteiger partial charge in [-0.2, -0.15) is 0 Å². The molecule has 1 N–H and O–H groups in total. The molecule has 0 radical (unpaired) electrons. The molecule has 3 nitrogen and oxygen atoms in total. The molecule has 0 amide bonds. The summed E-state index contributed by atoms with van der Waals surface area (Å²) in [6, 6.07) is 9.54. The summed E-state index contributed by atoms with van der Waals surface area (Å²) in [6.45, 7) is 4.63. The quantitative estimate of drug-likeness (QED) is 0.883. The van der Waals surface area contributed by atoms with E-state index in [9.17, 15) is 0 Å². The van der Waals surface area contributed by atoms with Gasteiger partial charge in [-0.05, 0) is 43.7 Å². The Balaban J connectivity index is 2.04. The van der Waals surface area contributed by atoms with Crippen molar-refractivity contribution < 1.29 is 0 Å². The van der Waals surface area contributed by atoms with Crippen LogP contribution < -0.4 is 15.1 Å². The summed E-state index contributed by atoms with van der Waals surface area (Å²) in [7, 11) is 6.23. The summed E-state index contributed by atoms with van der Waals surface area (Å²) in [5.41, 5.74) is 2.61. The topological polar surface area (TPSA) is 18.5 Å². The lowest BCUT2D eigenvalue weighted by molar-refractivity contribution is 0.339. The molecule has 18 heavy (non-hydrogen) atoms. The van der Waals surface area contributed by atoms with Gasteiger partial charge < -0.3 is 15.1 Å². The van der Waals surface area contributed by atoms with Crippen LogP contribution in [-0.2, 0) is 0 Å². The van der Waals surface area contributed by atoms with E-state index in [-0.39, 0.29) is 0 Å². The van der Waals surface area contributed by atoms with E-state index in [1.54, 1.807) is 0 Å². The third kappa shape index (κ3) is 2.78. The molecule has 2 unspecified atom stereocenters. The molecule has 1 aliphatic rings. The van der Waals surface area contributed by atoms with Gasteiger partial charge in [0, 0.05) is 44.6 Å². The van der Waals surface area contributed by atoms with E-state index < -0.39 is 0 Å². The highest BCUT2D eigenvalue weighted by Crippen LogP contribution is 2.25. The zero-order chi connectivity index (χ0) is 13.1. The van der Waals surface area contributed by atoms with E-state index in [4.69, 9.17) is 0 Å². The summed E-state index contributed by atoms with van der Waals surface area (Å²) in [5.74, 6) is 0.706. The molecule has 1 heterocycles. The normalized spacial score (nSPS) is 24.1. The van der Waals surface area contributed by atoms with E-state index in [1.807, 2.05) is 0 Å². The van der Waals surface area contributed by atoms with Crippen LogP contribution in [0.4, 0.5) is 11.4 Å². The van der Waals surface area contributed by atoms with Crippen molar-refractivity contribution in [3.05, 3.63) is 24.3 Å². The molecular weight excluding hydrogens is 222 g/mol. The average molecular weight is 247 g/mol. The number of nitrogens with zero attached hydrogens (tertiary/aromatic N) is 2. The van der Waals surface area contributed by atoms with Crippen LogP contribution >= 0.6 is 0 Å². The number of hydrogen-bond acceptors (Lipinski definition) is 3. The first kappa shape index (κ1) is 13.2. The standard InChI is InChI=1S/C15H25N3/c1-12-11-18(10-9-15(12)16-2)14-7-5-13(6-8-14)17(3)4/h5-8,12,15-16H,9-11H2,1-4H3. The summed E-state index contributed by atoms with van der Waals surface area (Å²) in [5, 5.41) is 3.42. The van der Waals surface area contributed by atoms with Crippen LogP contribution in [0.15, 0.2) is 24.3 Å². The highest BCUT2D eigenvalue weighted by Gasteiger charge is 2.24. The Kier molecular flexibility index (Phi) is 4.12. The second kappa shape index (κ2) is 5.61. The number of rotatable bonds is 3. The van der Waals surface area contributed by atoms with E-state index >= 15 is 0 Å². The van der Waals surface area contributed by atoms with Crippen LogP contribution in [0.1, 0.15) is 13.3 Å². The maximum Gasteiger partial charge on any atom is 0.0367 e. The van der Waals surface area contributed by atoms with Crippen LogP contribution in [0.3, 0.4) is 0 Å². The average Bonchev–Trinajstić information content (AvgIpc) is 2.38. The molecule has 2 rings (SSSR count). The molecule has 0 saturated carbocycles. The highest BCUT2D eigenvalue weighted by molar-refractivity contribution is 5.56. The predicted octanol–water partition coefficient (Wildman–Crippen LogP) is 2.19. The van der Waals surface area contributed by atoms with Gasteiger partial charge in [-0.1, -0.05) is 6.92 Å². The Morgan fingerprint density at radius 3 is 2.39 bits per heavy atom. The molecular formula is C15H25N3. The largest absolute Gasteiger partial charge is 0.378 e. The minimum Gasteiger partial charge on any atom is -0.378 e. The molecule has 1 aliphatic heterocycles. The Morgan fingerprint density at radius 2 is 1.89 bits per heavy atom. The van der Waals surface area contributed by atoms with Gasteiger partial charge in [0.2, 0.25) is 0 Å². The maximum absolute atomic E-state index is 3.42. The Morgan fingerprint density at radius 1 is 1.22 bits per heavy atom. The van der Waals surface area contributed by atoms with Gasteiger partial charge in [0.1, 0.15) is 0 Å². The van der Waals surface area contributed by atoms with Crippen molar-refractivity contribution in [2.24, 2.45) is 5.92 Å². The fraction of sp³-hybridized carbons (Fsp3) is 0.600. The minimum atomic E-state index is 0.669. The molecule has 100 valence electrons. The van der Waals surface area contributed by atoms with Gasteiger partial charge in [-0.25, -0.2) is 0 Å². The maximum atomic E-state index is 3.42. The van der Waals surface area contributed by atoms with E-state index in [0.29, 0.717) is 12.0 Å². The Labute approximate surface area is 111 Å². The van der Waals surface area contributed by atoms with Crippen LogP contribution in [0, 0.1) is 5.92 Å². The van der Waals surface area contributed by atoms with Crippen LogP contribution in [0.2, 0.25) is 0 Å². The van der Waals surface area contributed by atoms with Crippen molar-refractivity contribution in [2.45, 2.75) is 19.4 Å². The van der Waals surface area contributed by atoms with Gasteiger partial charge in [0.05, 0.1) is 0 Å². The zero-order valence-electron chi connectivity index (χ0n) is 12.0. The zero-order valence-corrected chi connectivity index (χ0v) is 12.0. The van der Waals surface area contributed by atoms with Gasteiger partial charge in [-0.15, -0.1) is 0 Å². The fourth-order valence-electron chi connectivity index (χ4n) is 2.77. The molecule has 0 aliphatic carbocycles. The molecule has 1 aromatic rings. The van der Waals surface area contributed by atoms with Gasteiger partial charge in [0.25, 0.3) is 0 Å². The molecule has 1 fully saturated rings. The van der Waals surface area contributed by atoms with E-state index in [0.717, 1.165) is 13.1 Å². The number of hydrogen-bond donors (Lipinski definition) is 1. The monoisotopic (exact) mass is 247 g/mol. The third-order valence-corrected chi connectivity index (χ3v) is 4.01. The smallest absolute Gasteiger partial charge is 0.0367 e. The molecule has 3 heteroatoms. The molecule has 0 bridgehead atoms. The van der Waals surface area contributed by atoms with E-state index in [2.05, 4.69) is 67.4 Å². The van der Waals surface area contributed by atoms with Crippen molar-refractivity contribution in [3.8, 4) is 0 Å². The lowest BCUT2D eigenvalue weighted by atomic mass is 9.93. The second-order valence-electron chi connectivity index (χ2n) is 5.52. The predicted molar refractivity (Wildman–Crippen MR) is 79.6 cm³/mol. The van der Waals surface area contributed by atoms with Crippen molar-refractivity contribution in [1.29, 1.82) is 0 Å². The van der Waals surface area contributed by atoms with Crippen LogP contribution in [-0.4, -0.2) is 40.3 Å². The number of nitrogens with one attached hydrogen (secondary N) is 1. The summed E-state index contributed by atoms with van der Waals surface area (Å²) in [4.78, 5) is 4.64. The summed E-state index contributed by atoms with van der Waals surface area (Å²) < 4.78 is 0. The lowest BCUT2D eigenvalue weighted by Gasteiger charge is -2.38. The van der Waals surface area contributed by atoms with Gasteiger partial charge >= 0.3 is 0 Å². The second-order valence-corrected chi connectivity index (χ2v) is 5.52. The highest BCUT2D eigenvalue weighted by atomic mass is 15.2. The van der Waals surface area contributed by atoms with E-state index in [1.165, 1.54) is 17.8 Å². The van der Waals surface area contributed by atoms with Gasteiger partial charge in [-0.3, -0.25) is 0 Å². The van der Waals surface area contributed by atoms with Crippen molar-refractivity contribution in [2.75, 3.05) is 44.0 Å². The SMILES string of the molecule is CNC1CCN(c2ccc(N(C)C)cc2)CC1C. The van der Waals surface area contributed by atoms with Crippen molar-refractivity contribution in [1.82, 2.24) is 5.32 Å². The van der Waals surface area contributed by atoms with Crippen molar-refractivity contribution in [3.63, 3.8) is 0 Å². The Bertz CT molecular complexity index is 372. The van der Waals surface area contributed by atoms with Crippen LogP contribution in [0.25, 0.3) is 0 Å². The van der Waals surface area contributed by atoms with Crippen LogP contribution in [0.5, 0.6) is 0 Å². The first-order valence-corrected chi connectivity index (χ1v) is 6.81. The Hall–Kier alpha value is -1.22. The van der Waals surface area contributed by atoms with Crippen molar-refractivity contribution >= 4 is 11.4 Å². The molecule has 0 spiro atoms. The summed E-state index contributed by atoms with van der Waals surface area (Å²) in [6.07, 6.45) is 1.23. The molecule has 1 saturated heterocycles. The number of benzene rings is 1.